The van der Waals surface area contributed by atoms with Crippen LogP contribution in [0.1, 0.15) is 32.6 Å². The highest BCUT2D eigenvalue weighted by Crippen LogP contribution is 2.16. The number of guanidine groups is 1. The van der Waals surface area contributed by atoms with Crippen LogP contribution in [0.2, 0.25) is 0 Å². The van der Waals surface area contributed by atoms with Crippen LogP contribution < -0.4 is 16.0 Å². The summed E-state index contributed by atoms with van der Waals surface area (Å²) in [6.45, 7) is 4.88. The molecule has 0 saturated carbocycles. The van der Waals surface area contributed by atoms with Crippen molar-refractivity contribution >= 4 is 47.2 Å². The number of carbonyl (C=O) groups is 1. The number of hydrogen-bond acceptors (Lipinski definition) is 3. The van der Waals surface area contributed by atoms with Gasteiger partial charge in [-0.2, -0.15) is 0 Å². The first-order valence-corrected chi connectivity index (χ1v) is 9.17. The highest BCUT2D eigenvalue weighted by Gasteiger charge is 2.08. The molecule has 2 aromatic rings. The zero-order valence-corrected chi connectivity index (χ0v) is 18.8. The maximum Gasteiger partial charge on any atom is 0.251 e. The Labute approximate surface area is 176 Å². The molecule has 7 heteroatoms. The van der Waals surface area contributed by atoms with E-state index >= 15 is 0 Å². The van der Waals surface area contributed by atoms with Crippen LogP contribution in [0.25, 0.3) is 0 Å². The average molecular weight is 486 g/mol. The van der Waals surface area contributed by atoms with Gasteiger partial charge in [0, 0.05) is 48.4 Å². The summed E-state index contributed by atoms with van der Waals surface area (Å²) < 4.78 is 0. The van der Waals surface area contributed by atoms with Crippen molar-refractivity contribution in [3.8, 4) is 0 Å². The molecule has 0 aliphatic carbocycles. The summed E-state index contributed by atoms with van der Waals surface area (Å²) in [5, 5.41) is 9.35. The number of aryl methyl sites for hydroxylation is 1. The minimum absolute atomic E-state index is 0. The van der Waals surface area contributed by atoms with Crippen molar-refractivity contribution in [2.24, 2.45) is 4.99 Å². The Hall–Kier alpha value is -1.61. The van der Waals surface area contributed by atoms with Crippen LogP contribution in [0.5, 0.6) is 0 Å². The van der Waals surface area contributed by atoms with Crippen LogP contribution >= 0.6 is 35.3 Å². The molecule has 1 atom stereocenters. The predicted octanol–water partition coefficient (Wildman–Crippen LogP) is 3.33. The molecule has 2 rings (SSSR count). The maximum absolute atomic E-state index is 11.7. The number of halogens is 1. The topological polar surface area (TPSA) is 65.5 Å². The van der Waals surface area contributed by atoms with Gasteiger partial charge in [0.15, 0.2) is 5.96 Å². The summed E-state index contributed by atoms with van der Waals surface area (Å²) in [4.78, 5) is 18.7. The third kappa shape index (κ3) is 6.95. The second-order valence-electron chi connectivity index (χ2n) is 5.97. The quantitative estimate of drug-likeness (QED) is 0.334. The van der Waals surface area contributed by atoms with Gasteiger partial charge < -0.3 is 16.0 Å². The molecular formula is C19H27IN4OS. The van der Waals surface area contributed by atoms with Crippen LogP contribution in [0.3, 0.4) is 0 Å². The van der Waals surface area contributed by atoms with Crippen molar-refractivity contribution < 1.29 is 4.79 Å². The minimum Gasteiger partial charge on any atom is -0.355 e. The van der Waals surface area contributed by atoms with E-state index in [-0.39, 0.29) is 35.9 Å². The van der Waals surface area contributed by atoms with Gasteiger partial charge in [-0.1, -0.05) is 12.1 Å². The van der Waals surface area contributed by atoms with Gasteiger partial charge in [-0.05, 0) is 43.7 Å². The van der Waals surface area contributed by atoms with E-state index in [2.05, 4.69) is 46.9 Å². The summed E-state index contributed by atoms with van der Waals surface area (Å²) in [5.74, 6) is 0.676. The first-order valence-electron chi connectivity index (χ1n) is 8.35. The first-order chi connectivity index (χ1) is 12.0. The van der Waals surface area contributed by atoms with Crippen LogP contribution in [-0.2, 0) is 13.0 Å². The summed E-state index contributed by atoms with van der Waals surface area (Å²) in [6.07, 6.45) is 0.964. The zero-order chi connectivity index (χ0) is 18.2. The van der Waals surface area contributed by atoms with Gasteiger partial charge in [0.05, 0.1) is 0 Å². The lowest BCUT2D eigenvalue weighted by atomic mass is 10.1. The van der Waals surface area contributed by atoms with Crippen LogP contribution in [0.4, 0.5) is 0 Å². The van der Waals surface area contributed by atoms with Gasteiger partial charge >= 0.3 is 0 Å². The van der Waals surface area contributed by atoms with E-state index in [9.17, 15) is 4.79 Å². The molecule has 0 radical (unpaired) electrons. The molecule has 3 N–H and O–H groups in total. The Kier molecular flexibility index (Phi) is 9.64. The molecular weight excluding hydrogens is 459 g/mol. The van der Waals surface area contributed by atoms with Gasteiger partial charge in [-0.3, -0.25) is 9.79 Å². The number of thiophene rings is 1. The number of amides is 1. The van der Waals surface area contributed by atoms with Gasteiger partial charge in [-0.15, -0.1) is 35.3 Å². The minimum atomic E-state index is -0.0794. The molecule has 1 amide bonds. The molecule has 0 aliphatic rings. The summed E-state index contributed by atoms with van der Waals surface area (Å²) in [7, 11) is 3.40. The molecule has 0 aliphatic heterocycles. The Morgan fingerprint density at radius 2 is 2.04 bits per heavy atom. The SMILES string of the molecule is CN=C(NCc1cccc(C(=O)NC)c1)NC(C)Cc1ccc(C)s1.I. The Bertz CT molecular complexity index is 745. The molecule has 1 aromatic carbocycles. The highest BCUT2D eigenvalue weighted by molar-refractivity contribution is 14.0. The lowest BCUT2D eigenvalue weighted by Crippen LogP contribution is -2.42. The number of benzene rings is 1. The third-order valence-corrected chi connectivity index (χ3v) is 4.81. The van der Waals surface area contributed by atoms with Crippen molar-refractivity contribution in [2.45, 2.75) is 32.9 Å². The fraction of sp³-hybridized carbons (Fsp3) is 0.368. The number of rotatable bonds is 6. The van der Waals surface area contributed by atoms with Crippen molar-refractivity contribution in [1.82, 2.24) is 16.0 Å². The number of nitrogens with zero attached hydrogens (tertiary/aromatic N) is 1. The van der Waals surface area contributed by atoms with Crippen molar-refractivity contribution in [1.29, 1.82) is 0 Å². The van der Waals surface area contributed by atoms with E-state index < -0.39 is 0 Å². The Balaban J connectivity index is 0.00000338. The van der Waals surface area contributed by atoms with Crippen LogP contribution in [0.15, 0.2) is 41.4 Å². The van der Waals surface area contributed by atoms with E-state index in [1.807, 2.05) is 29.5 Å². The largest absolute Gasteiger partial charge is 0.355 e. The normalized spacial score (nSPS) is 12.1. The van der Waals surface area contributed by atoms with Crippen molar-refractivity contribution in [3.63, 3.8) is 0 Å². The molecule has 1 unspecified atom stereocenters. The highest BCUT2D eigenvalue weighted by atomic mass is 127. The van der Waals surface area contributed by atoms with E-state index in [0.29, 0.717) is 12.1 Å². The summed E-state index contributed by atoms with van der Waals surface area (Å²) in [5.41, 5.74) is 1.69. The molecule has 1 heterocycles. The molecule has 0 fully saturated rings. The van der Waals surface area contributed by atoms with E-state index in [4.69, 9.17) is 0 Å². The smallest absolute Gasteiger partial charge is 0.251 e. The lowest BCUT2D eigenvalue weighted by Gasteiger charge is -2.17. The Morgan fingerprint density at radius 3 is 2.65 bits per heavy atom. The molecule has 26 heavy (non-hydrogen) atoms. The van der Waals surface area contributed by atoms with Gasteiger partial charge in [0.1, 0.15) is 0 Å². The average Bonchev–Trinajstić information content (AvgIpc) is 3.02. The summed E-state index contributed by atoms with van der Waals surface area (Å²) in [6, 6.07) is 12.2. The molecule has 1 aromatic heterocycles. The second-order valence-corrected chi connectivity index (χ2v) is 7.34. The van der Waals surface area contributed by atoms with Gasteiger partial charge in [0.2, 0.25) is 0 Å². The van der Waals surface area contributed by atoms with Gasteiger partial charge in [-0.25, -0.2) is 0 Å². The van der Waals surface area contributed by atoms with E-state index in [0.717, 1.165) is 17.9 Å². The Morgan fingerprint density at radius 1 is 1.27 bits per heavy atom. The molecule has 5 nitrogen and oxygen atoms in total. The van der Waals surface area contributed by atoms with Gasteiger partial charge in [0.25, 0.3) is 5.91 Å². The van der Waals surface area contributed by atoms with Crippen LogP contribution in [0, 0.1) is 6.92 Å². The number of aliphatic imine (C=N–C) groups is 1. The lowest BCUT2D eigenvalue weighted by molar-refractivity contribution is 0.0963. The molecule has 0 saturated heterocycles. The van der Waals surface area contributed by atoms with Crippen molar-refractivity contribution in [3.05, 3.63) is 57.3 Å². The summed E-state index contributed by atoms with van der Waals surface area (Å²) >= 11 is 1.83. The number of nitrogens with one attached hydrogen (secondary N) is 3. The second kappa shape index (κ2) is 11.2. The third-order valence-electron chi connectivity index (χ3n) is 3.79. The number of hydrogen-bond donors (Lipinski definition) is 3. The number of carbonyl (C=O) groups excluding carboxylic acids is 1. The molecule has 0 spiro atoms. The van der Waals surface area contributed by atoms with E-state index in [1.165, 1.54) is 9.75 Å². The first kappa shape index (κ1) is 22.4. The molecule has 142 valence electrons. The standard InChI is InChI=1S/C19H26N4OS.HI/c1-13(10-17-9-8-14(2)25-17)23-19(21-4)22-12-15-6-5-7-16(11-15)18(24)20-3;/h5-9,11,13H,10,12H2,1-4H3,(H,20,24)(H2,21,22,23);1H. The predicted molar refractivity (Wildman–Crippen MR) is 121 cm³/mol. The molecule has 0 bridgehead atoms. The van der Waals surface area contributed by atoms with Crippen molar-refractivity contribution in [2.75, 3.05) is 14.1 Å². The van der Waals surface area contributed by atoms with Crippen LogP contribution in [-0.4, -0.2) is 32.0 Å². The zero-order valence-electron chi connectivity index (χ0n) is 15.6. The maximum atomic E-state index is 11.7. The van der Waals surface area contributed by atoms with E-state index in [1.54, 1.807) is 20.2 Å². The fourth-order valence-electron chi connectivity index (χ4n) is 2.53. The monoisotopic (exact) mass is 486 g/mol. The fourth-order valence-corrected chi connectivity index (χ4v) is 3.55.